The fourth-order valence-corrected chi connectivity index (χ4v) is 4.21. The highest BCUT2D eigenvalue weighted by Gasteiger charge is 2.18. The van der Waals surface area contributed by atoms with E-state index in [9.17, 15) is 4.79 Å². The van der Waals surface area contributed by atoms with E-state index < -0.39 is 0 Å². The van der Waals surface area contributed by atoms with Gasteiger partial charge in [-0.25, -0.2) is 9.97 Å². The highest BCUT2D eigenvalue weighted by molar-refractivity contribution is 7.19. The SMILES string of the molecule is COC(=O)Cc1sc2nc(-c3cccs3)nc(Cl)c2c1C. The van der Waals surface area contributed by atoms with Crippen molar-refractivity contribution in [1.29, 1.82) is 0 Å². The molecule has 0 aliphatic rings. The van der Waals surface area contributed by atoms with Crippen LogP contribution in [0.25, 0.3) is 20.9 Å². The summed E-state index contributed by atoms with van der Waals surface area (Å²) in [4.78, 5) is 23.1. The van der Waals surface area contributed by atoms with Gasteiger partial charge in [0.05, 0.1) is 23.8 Å². The van der Waals surface area contributed by atoms with Gasteiger partial charge < -0.3 is 4.74 Å². The number of carbonyl (C=O) groups is 1. The van der Waals surface area contributed by atoms with Crippen LogP contribution >= 0.6 is 34.3 Å². The van der Waals surface area contributed by atoms with Crippen LogP contribution in [-0.4, -0.2) is 23.0 Å². The first-order valence-electron chi connectivity index (χ1n) is 6.16. The van der Waals surface area contributed by atoms with Gasteiger partial charge in [-0.3, -0.25) is 4.79 Å². The van der Waals surface area contributed by atoms with E-state index in [1.807, 2.05) is 24.4 Å². The lowest BCUT2D eigenvalue weighted by Crippen LogP contribution is -2.03. The number of esters is 1. The maximum Gasteiger partial charge on any atom is 0.310 e. The highest BCUT2D eigenvalue weighted by atomic mass is 35.5. The average Bonchev–Trinajstić information content (AvgIpc) is 3.08. The van der Waals surface area contributed by atoms with Gasteiger partial charge in [-0.05, 0) is 23.9 Å². The van der Waals surface area contributed by atoms with Crippen molar-refractivity contribution in [1.82, 2.24) is 9.97 Å². The van der Waals surface area contributed by atoms with Crippen molar-refractivity contribution in [2.45, 2.75) is 13.3 Å². The van der Waals surface area contributed by atoms with Crippen LogP contribution in [0.5, 0.6) is 0 Å². The van der Waals surface area contributed by atoms with Gasteiger partial charge in [-0.1, -0.05) is 17.7 Å². The number of rotatable bonds is 3. The third-order valence-electron chi connectivity index (χ3n) is 3.12. The molecule has 0 radical (unpaired) electrons. The molecule has 0 fully saturated rings. The molecular formula is C14H11ClN2O2S2. The van der Waals surface area contributed by atoms with Crippen LogP contribution in [0.15, 0.2) is 17.5 Å². The van der Waals surface area contributed by atoms with Crippen molar-refractivity contribution in [3.63, 3.8) is 0 Å². The molecule has 7 heteroatoms. The van der Waals surface area contributed by atoms with Gasteiger partial charge in [0.1, 0.15) is 9.98 Å². The quantitative estimate of drug-likeness (QED) is 0.533. The van der Waals surface area contributed by atoms with Crippen molar-refractivity contribution >= 4 is 50.5 Å². The van der Waals surface area contributed by atoms with Crippen LogP contribution in [0, 0.1) is 6.92 Å². The van der Waals surface area contributed by atoms with Crippen LogP contribution in [0.1, 0.15) is 10.4 Å². The molecule has 0 saturated heterocycles. The first-order valence-corrected chi connectivity index (χ1v) is 8.23. The molecule has 0 amide bonds. The predicted octanol–water partition coefficient (Wildman–Crippen LogP) is 4.10. The van der Waals surface area contributed by atoms with Gasteiger partial charge in [0.15, 0.2) is 5.82 Å². The van der Waals surface area contributed by atoms with Crippen LogP contribution in [-0.2, 0) is 16.0 Å². The van der Waals surface area contributed by atoms with Crippen molar-refractivity contribution in [3.8, 4) is 10.7 Å². The largest absolute Gasteiger partial charge is 0.469 e. The van der Waals surface area contributed by atoms with Gasteiger partial charge in [-0.2, -0.15) is 0 Å². The number of fused-ring (bicyclic) bond motifs is 1. The van der Waals surface area contributed by atoms with Crippen LogP contribution in [0.2, 0.25) is 5.15 Å². The van der Waals surface area contributed by atoms with E-state index in [2.05, 4.69) is 9.97 Å². The van der Waals surface area contributed by atoms with Crippen molar-refractivity contribution < 1.29 is 9.53 Å². The Balaban J connectivity index is 2.13. The molecule has 3 aromatic rings. The summed E-state index contributed by atoms with van der Waals surface area (Å²) >= 11 is 9.34. The molecule has 21 heavy (non-hydrogen) atoms. The number of hydrogen-bond donors (Lipinski definition) is 0. The third kappa shape index (κ3) is 2.66. The second-order valence-electron chi connectivity index (χ2n) is 4.40. The minimum absolute atomic E-state index is 0.230. The van der Waals surface area contributed by atoms with Crippen molar-refractivity contribution in [2.75, 3.05) is 7.11 Å². The molecule has 0 aliphatic carbocycles. The van der Waals surface area contributed by atoms with Gasteiger partial charge in [0.2, 0.25) is 0 Å². The van der Waals surface area contributed by atoms with Gasteiger partial charge in [-0.15, -0.1) is 22.7 Å². The summed E-state index contributed by atoms with van der Waals surface area (Å²) in [6.07, 6.45) is 0.230. The Morgan fingerprint density at radius 1 is 1.43 bits per heavy atom. The summed E-state index contributed by atoms with van der Waals surface area (Å²) in [7, 11) is 1.38. The van der Waals surface area contributed by atoms with Crippen LogP contribution in [0.4, 0.5) is 0 Å². The average molecular weight is 339 g/mol. The minimum Gasteiger partial charge on any atom is -0.469 e. The zero-order valence-electron chi connectivity index (χ0n) is 11.3. The Morgan fingerprint density at radius 2 is 2.24 bits per heavy atom. The number of methoxy groups -OCH3 is 1. The predicted molar refractivity (Wildman–Crippen MR) is 86.2 cm³/mol. The molecule has 3 rings (SSSR count). The molecular weight excluding hydrogens is 328 g/mol. The van der Waals surface area contributed by atoms with E-state index in [0.717, 1.165) is 25.5 Å². The highest BCUT2D eigenvalue weighted by Crippen LogP contribution is 2.36. The van der Waals surface area contributed by atoms with E-state index in [1.54, 1.807) is 11.3 Å². The van der Waals surface area contributed by atoms with E-state index in [4.69, 9.17) is 16.3 Å². The molecule has 0 aromatic carbocycles. The van der Waals surface area contributed by atoms with Crippen molar-refractivity contribution in [2.24, 2.45) is 0 Å². The fourth-order valence-electron chi connectivity index (χ4n) is 2.02. The topological polar surface area (TPSA) is 52.1 Å². The Bertz CT molecular complexity index is 812. The first kappa shape index (κ1) is 14.4. The van der Waals surface area contributed by atoms with E-state index in [0.29, 0.717) is 11.0 Å². The monoisotopic (exact) mass is 338 g/mol. The Labute approximate surface area is 134 Å². The molecule has 0 bridgehead atoms. The van der Waals surface area contributed by atoms with Gasteiger partial charge >= 0.3 is 5.97 Å². The Morgan fingerprint density at radius 3 is 2.90 bits per heavy atom. The standard InChI is InChI=1S/C14H11ClN2O2S2/c1-7-9(6-10(18)19-2)21-14-11(7)12(15)16-13(17-14)8-4-3-5-20-8/h3-5H,6H2,1-2H3. The van der Waals surface area contributed by atoms with Crippen LogP contribution < -0.4 is 0 Å². The smallest absolute Gasteiger partial charge is 0.310 e. The maximum atomic E-state index is 11.5. The molecule has 3 heterocycles. The number of nitrogens with zero attached hydrogens (tertiary/aromatic N) is 2. The zero-order chi connectivity index (χ0) is 15.0. The number of aryl methyl sites for hydroxylation is 1. The molecule has 0 aliphatic heterocycles. The summed E-state index contributed by atoms with van der Waals surface area (Å²) in [5.41, 5.74) is 0.947. The van der Waals surface area contributed by atoms with E-state index >= 15 is 0 Å². The summed E-state index contributed by atoms with van der Waals surface area (Å²) in [6, 6.07) is 3.90. The number of hydrogen-bond acceptors (Lipinski definition) is 6. The Kier molecular flexibility index (Phi) is 3.93. The number of halogens is 1. The van der Waals surface area contributed by atoms with E-state index in [1.165, 1.54) is 18.4 Å². The van der Waals surface area contributed by atoms with Gasteiger partial charge in [0, 0.05) is 4.88 Å². The normalized spacial score (nSPS) is 11.0. The second kappa shape index (κ2) is 5.71. The molecule has 0 saturated carbocycles. The zero-order valence-corrected chi connectivity index (χ0v) is 13.7. The lowest BCUT2D eigenvalue weighted by atomic mass is 10.2. The molecule has 108 valence electrons. The molecule has 0 atom stereocenters. The molecule has 4 nitrogen and oxygen atoms in total. The molecule has 0 unspecified atom stereocenters. The maximum absolute atomic E-state index is 11.5. The number of ether oxygens (including phenoxy) is 1. The fraction of sp³-hybridized carbons (Fsp3) is 0.214. The summed E-state index contributed by atoms with van der Waals surface area (Å²) in [5.74, 6) is 0.348. The third-order valence-corrected chi connectivity index (χ3v) is 5.44. The first-order chi connectivity index (χ1) is 10.1. The summed E-state index contributed by atoms with van der Waals surface area (Å²) < 4.78 is 4.72. The number of carbonyl (C=O) groups excluding carboxylic acids is 1. The Hall–Kier alpha value is -1.50. The second-order valence-corrected chi connectivity index (χ2v) is 6.79. The summed E-state index contributed by atoms with van der Waals surface area (Å²) in [5, 5.41) is 3.22. The van der Waals surface area contributed by atoms with Crippen LogP contribution in [0.3, 0.4) is 0 Å². The van der Waals surface area contributed by atoms with E-state index in [-0.39, 0.29) is 12.4 Å². The lowest BCUT2D eigenvalue weighted by Gasteiger charge is -2.00. The lowest BCUT2D eigenvalue weighted by molar-refractivity contribution is -0.139. The minimum atomic E-state index is -0.271. The number of thiophene rings is 2. The summed E-state index contributed by atoms with van der Waals surface area (Å²) in [6.45, 7) is 1.93. The molecule has 0 spiro atoms. The number of aromatic nitrogens is 2. The molecule has 3 aromatic heterocycles. The van der Waals surface area contributed by atoms with Gasteiger partial charge in [0.25, 0.3) is 0 Å². The molecule has 0 N–H and O–H groups in total. The van der Waals surface area contributed by atoms with Crippen molar-refractivity contribution in [3.05, 3.63) is 33.1 Å².